The van der Waals surface area contributed by atoms with Gasteiger partial charge in [-0.15, -0.1) is 9.24 Å². The van der Waals surface area contributed by atoms with Gasteiger partial charge in [-0.25, -0.2) is 9.18 Å². The molecule has 11 heavy (non-hydrogen) atoms. The number of rotatable bonds is 1. The molecule has 1 N–H and O–H groups in total. The summed E-state index contributed by atoms with van der Waals surface area (Å²) >= 11 is 0. The van der Waals surface area contributed by atoms with Crippen molar-refractivity contribution in [2.75, 3.05) is 0 Å². The fraction of sp³-hybridized carbons (Fsp3) is 0. The molecule has 0 saturated carbocycles. The Kier molecular flexibility index (Phi) is 2.20. The van der Waals surface area contributed by atoms with Gasteiger partial charge < -0.3 is 5.11 Å². The van der Waals surface area contributed by atoms with E-state index in [4.69, 9.17) is 5.11 Å². The standard InChI is InChI=1S/C7H6FO2P/c8-4-1-2-5(7(9)10)6(11)3-4/h1-3H,11H2,(H,9,10). The highest BCUT2D eigenvalue weighted by molar-refractivity contribution is 7.27. The molecule has 1 rings (SSSR count). The Labute approximate surface area is 65.2 Å². The zero-order chi connectivity index (χ0) is 8.43. The van der Waals surface area contributed by atoms with E-state index < -0.39 is 11.8 Å². The largest absolute Gasteiger partial charge is 0.478 e. The minimum absolute atomic E-state index is 0.108. The molecule has 1 aromatic rings. The van der Waals surface area contributed by atoms with Gasteiger partial charge in [0.2, 0.25) is 0 Å². The summed E-state index contributed by atoms with van der Waals surface area (Å²) in [6.45, 7) is 0. The van der Waals surface area contributed by atoms with E-state index in [1.165, 1.54) is 6.07 Å². The normalized spacial score (nSPS) is 9.64. The summed E-state index contributed by atoms with van der Waals surface area (Å²) < 4.78 is 12.4. The average molecular weight is 172 g/mol. The quantitative estimate of drug-likeness (QED) is 0.642. The van der Waals surface area contributed by atoms with Crippen LogP contribution < -0.4 is 5.30 Å². The van der Waals surface area contributed by atoms with Crippen LogP contribution in [0.15, 0.2) is 18.2 Å². The van der Waals surface area contributed by atoms with Crippen molar-refractivity contribution >= 4 is 20.5 Å². The number of hydrogen-bond donors (Lipinski definition) is 1. The molecule has 0 bridgehead atoms. The van der Waals surface area contributed by atoms with Gasteiger partial charge in [-0.2, -0.15) is 0 Å². The minimum atomic E-state index is -1.05. The Balaban J connectivity index is 3.20. The van der Waals surface area contributed by atoms with Crippen molar-refractivity contribution in [3.05, 3.63) is 29.6 Å². The molecule has 4 heteroatoms. The summed E-state index contributed by atoms with van der Waals surface area (Å²) in [5.74, 6) is -1.48. The third kappa shape index (κ3) is 1.75. The first-order valence-electron chi connectivity index (χ1n) is 2.89. The van der Waals surface area contributed by atoms with Crippen LogP contribution in [0.5, 0.6) is 0 Å². The molecule has 0 aromatic heterocycles. The molecule has 2 nitrogen and oxygen atoms in total. The van der Waals surface area contributed by atoms with Gasteiger partial charge in [-0.3, -0.25) is 0 Å². The Morgan fingerprint density at radius 3 is 2.64 bits per heavy atom. The lowest BCUT2D eigenvalue weighted by Gasteiger charge is -1.98. The molecule has 0 spiro atoms. The van der Waals surface area contributed by atoms with Crippen LogP contribution in [0, 0.1) is 5.82 Å². The molecule has 0 aliphatic rings. The summed E-state index contributed by atoms with van der Waals surface area (Å²) in [5.41, 5.74) is 0.108. The lowest BCUT2D eigenvalue weighted by molar-refractivity contribution is 0.0698. The maximum Gasteiger partial charge on any atom is 0.336 e. The highest BCUT2D eigenvalue weighted by Crippen LogP contribution is 2.03. The van der Waals surface area contributed by atoms with Crippen molar-refractivity contribution in [1.29, 1.82) is 0 Å². The van der Waals surface area contributed by atoms with Gasteiger partial charge in [0.15, 0.2) is 0 Å². The van der Waals surface area contributed by atoms with Crippen molar-refractivity contribution in [2.45, 2.75) is 0 Å². The maximum atomic E-state index is 12.4. The van der Waals surface area contributed by atoms with Crippen molar-refractivity contribution in [2.24, 2.45) is 0 Å². The van der Waals surface area contributed by atoms with Crippen LogP contribution in [0.4, 0.5) is 4.39 Å². The van der Waals surface area contributed by atoms with E-state index >= 15 is 0 Å². The van der Waals surface area contributed by atoms with E-state index in [-0.39, 0.29) is 5.56 Å². The average Bonchev–Trinajstić information content (AvgIpc) is 1.85. The van der Waals surface area contributed by atoms with E-state index in [2.05, 4.69) is 9.24 Å². The first-order chi connectivity index (χ1) is 5.11. The van der Waals surface area contributed by atoms with Crippen molar-refractivity contribution in [1.82, 2.24) is 0 Å². The summed E-state index contributed by atoms with van der Waals surface area (Å²) in [4.78, 5) is 10.4. The third-order valence-corrected chi connectivity index (χ3v) is 1.72. The maximum absolute atomic E-state index is 12.4. The molecule has 0 aliphatic heterocycles. The predicted molar refractivity (Wildman–Crippen MR) is 42.7 cm³/mol. The summed E-state index contributed by atoms with van der Waals surface area (Å²) in [7, 11) is 2.17. The Bertz CT molecular complexity index is 298. The molecule has 0 aliphatic carbocycles. The summed E-state index contributed by atoms with van der Waals surface area (Å²) in [5, 5.41) is 8.88. The lowest BCUT2D eigenvalue weighted by atomic mass is 10.2. The zero-order valence-corrected chi connectivity index (χ0v) is 6.70. The molecule has 0 saturated heterocycles. The molecule has 0 amide bonds. The molecular formula is C7H6FO2P. The van der Waals surface area contributed by atoms with Crippen molar-refractivity contribution in [3.63, 3.8) is 0 Å². The van der Waals surface area contributed by atoms with Crippen LogP contribution in [0.3, 0.4) is 0 Å². The zero-order valence-electron chi connectivity index (χ0n) is 5.54. The van der Waals surface area contributed by atoms with Gasteiger partial charge in [0.1, 0.15) is 5.82 Å². The number of carboxylic acid groups (broad SMARTS) is 1. The summed E-state index contributed by atoms with van der Waals surface area (Å²) in [6.07, 6.45) is 0. The van der Waals surface area contributed by atoms with Crippen LogP contribution in [0.2, 0.25) is 0 Å². The van der Waals surface area contributed by atoms with Crippen LogP contribution in [-0.4, -0.2) is 11.1 Å². The number of benzene rings is 1. The highest BCUT2D eigenvalue weighted by Gasteiger charge is 2.06. The topological polar surface area (TPSA) is 37.3 Å². The monoisotopic (exact) mass is 172 g/mol. The Hall–Kier alpha value is -0.950. The van der Waals surface area contributed by atoms with E-state index in [1.807, 2.05) is 0 Å². The minimum Gasteiger partial charge on any atom is -0.478 e. The number of halogens is 1. The molecule has 0 radical (unpaired) electrons. The van der Waals surface area contributed by atoms with Crippen LogP contribution in [0.1, 0.15) is 10.4 Å². The van der Waals surface area contributed by atoms with Crippen LogP contribution >= 0.6 is 9.24 Å². The predicted octanol–water partition coefficient (Wildman–Crippen LogP) is 1.02. The lowest BCUT2D eigenvalue weighted by Crippen LogP contribution is -2.08. The number of aromatic carboxylic acids is 1. The van der Waals surface area contributed by atoms with E-state index in [9.17, 15) is 9.18 Å². The number of hydrogen-bond acceptors (Lipinski definition) is 1. The molecule has 0 heterocycles. The van der Waals surface area contributed by atoms with E-state index in [1.54, 1.807) is 0 Å². The van der Waals surface area contributed by atoms with Crippen molar-refractivity contribution in [3.8, 4) is 0 Å². The van der Waals surface area contributed by atoms with Gasteiger partial charge >= 0.3 is 5.97 Å². The fourth-order valence-corrected chi connectivity index (χ4v) is 1.11. The van der Waals surface area contributed by atoms with Gasteiger partial charge in [0.25, 0.3) is 0 Å². The fourth-order valence-electron chi connectivity index (χ4n) is 0.728. The molecule has 58 valence electrons. The third-order valence-electron chi connectivity index (χ3n) is 1.24. The molecular weight excluding hydrogens is 166 g/mol. The SMILES string of the molecule is O=C(O)c1ccc(F)cc1P. The first kappa shape index (κ1) is 8.15. The van der Waals surface area contributed by atoms with E-state index in [0.29, 0.717) is 5.30 Å². The Morgan fingerprint density at radius 1 is 1.55 bits per heavy atom. The van der Waals surface area contributed by atoms with Gasteiger partial charge in [-0.1, -0.05) is 0 Å². The first-order valence-corrected chi connectivity index (χ1v) is 3.47. The molecule has 1 aromatic carbocycles. The van der Waals surface area contributed by atoms with Gasteiger partial charge in [-0.05, 0) is 23.5 Å². The number of carboxylic acids is 1. The smallest absolute Gasteiger partial charge is 0.336 e. The van der Waals surface area contributed by atoms with Gasteiger partial charge in [0, 0.05) is 0 Å². The Morgan fingerprint density at radius 2 is 2.18 bits per heavy atom. The second-order valence-electron chi connectivity index (χ2n) is 2.04. The second-order valence-corrected chi connectivity index (χ2v) is 2.66. The van der Waals surface area contributed by atoms with Crippen molar-refractivity contribution < 1.29 is 14.3 Å². The summed E-state index contributed by atoms with van der Waals surface area (Å²) in [6, 6.07) is 3.52. The molecule has 1 atom stereocenters. The highest BCUT2D eigenvalue weighted by atomic mass is 31.0. The van der Waals surface area contributed by atoms with Crippen LogP contribution in [-0.2, 0) is 0 Å². The van der Waals surface area contributed by atoms with E-state index in [0.717, 1.165) is 12.1 Å². The van der Waals surface area contributed by atoms with Crippen LogP contribution in [0.25, 0.3) is 0 Å². The molecule has 1 unspecified atom stereocenters. The van der Waals surface area contributed by atoms with Gasteiger partial charge in [0.05, 0.1) is 5.56 Å². The number of carbonyl (C=O) groups is 1. The second kappa shape index (κ2) is 2.97. The molecule has 0 fully saturated rings.